The van der Waals surface area contributed by atoms with Gasteiger partial charge >= 0.3 is 0 Å². The number of nitriles is 1. The van der Waals surface area contributed by atoms with Gasteiger partial charge in [0.15, 0.2) is 0 Å². The third kappa shape index (κ3) is 4.02. The molecule has 0 fully saturated rings. The molecule has 0 unspecified atom stereocenters. The lowest BCUT2D eigenvalue weighted by Crippen LogP contribution is -2.03. The van der Waals surface area contributed by atoms with Crippen molar-refractivity contribution in [3.63, 3.8) is 0 Å². The zero-order valence-corrected chi connectivity index (χ0v) is 15.0. The van der Waals surface area contributed by atoms with Gasteiger partial charge < -0.3 is 15.4 Å². The Morgan fingerprint density at radius 1 is 1.08 bits per heavy atom. The van der Waals surface area contributed by atoms with E-state index in [1.807, 2.05) is 31.2 Å². The number of aryl methyl sites for hydroxylation is 1. The molecule has 0 aliphatic heterocycles. The Morgan fingerprint density at radius 3 is 2.62 bits per heavy atom. The Kier molecular flexibility index (Phi) is 5.20. The van der Waals surface area contributed by atoms with Crippen molar-refractivity contribution in [3.05, 3.63) is 64.8 Å². The van der Waals surface area contributed by atoms with Crippen LogP contribution in [0.2, 0.25) is 5.02 Å². The second-order valence-corrected chi connectivity index (χ2v) is 5.88. The topological polar surface area (TPSA) is 82.9 Å². The monoisotopic (exact) mass is 365 g/mol. The molecule has 0 spiro atoms. The van der Waals surface area contributed by atoms with Gasteiger partial charge in [0.05, 0.1) is 23.4 Å². The summed E-state index contributed by atoms with van der Waals surface area (Å²) in [4.78, 5) is 8.84. The Labute approximate surface area is 156 Å². The standard InChI is InChI=1S/C19H16ClN5O/c1-12-9-18(24-16-6-4-3-5-13(16)11-21)25-19(22-12)23-14-7-8-17(26-2)15(20)10-14/h3-10H,1-2H3,(H2,22,23,24,25). The van der Waals surface area contributed by atoms with Crippen LogP contribution in [0.4, 0.5) is 23.1 Å². The predicted molar refractivity (Wildman–Crippen MR) is 102 cm³/mol. The average Bonchev–Trinajstić information content (AvgIpc) is 2.62. The molecule has 0 atom stereocenters. The van der Waals surface area contributed by atoms with Gasteiger partial charge in [-0.25, -0.2) is 4.98 Å². The van der Waals surface area contributed by atoms with E-state index >= 15 is 0 Å². The minimum absolute atomic E-state index is 0.420. The number of halogens is 1. The minimum atomic E-state index is 0.420. The number of anilines is 4. The summed E-state index contributed by atoms with van der Waals surface area (Å²) < 4.78 is 5.15. The van der Waals surface area contributed by atoms with E-state index in [0.717, 1.165) is 11.4 Å². The molecule has 26 heavy (non-hydrogen) atoms. The van der Waals surface area contributed by atoms with Gasteiger partial charge in [-0.15, -0.1) is 0 Å². The van der Waals surface area contributed by atoms with Crippen molar-refractivity contribution in [1.29, 1.82) is 5.26 Å². The lowest BCUT2D eigenvalue weighted by atomic mass is 10.2. The van der Waals surface area contributed by atoms with Crippen molar-refractivity contribution >= 4 is 34.7 Å². The van der Waals surface area contributed by atoms with E-state index in [1.165, 1.54) is 0 Å². The van der Waals surface area contributed by atoms with Crippen LogP contribution in [-0.2, 0) is 0 Å². The van der Waals surface area contributed by atoms with Gasteiger partial charge in [0.25, 0.3) is 0 Å². The zero-order chi connectivity index (χ0) is 18.5. The Balaban J connectivity index is 1.86. The first-order valence-corrected chi connectivity index (χ1v) is 8.19. The van der Waals surface area contributed by atoms with Crippen molar-refractivity contribution in [1.82, 2.24) is 9.97 Å². The molecule has 130 valence electrons. The highest BCUT2D eigenvalue weighted by atomic mass is 35.5. The molecule has 2 aromatic carbocycles. The number of ether oxygens (including phenoxy) is 1. The van der Waals surface area contributed by atoms with Crippen molar-refractivity contribution in [2.75, 3.05) is 17.7 Å². The van der Waals surface area contributed by atoms with E-state index < -0.39 is 0 Å². The van der Waals surface area contributed by atoms with Crippen molar-refractivity contribution in [2.24, 2.45) is 0 Å². The van der Waals surface area contributed by atoms with E-state index in [9.17, 15) is 5.26 Å². The van der Waals surface area contributed by atoms with Crippen molar-refractivity contribution < 1.29 is 4.74 Å². The van der Waals surface area contributed by atoms with E-state index in [-0.39, 0.29) is 0 Å². The molecule has 2 N–H and O–H groups in total. The summed E-state index contributed by atoms with van der Waals surface area (Å²) >= 11 is 6.15. The zero-order valence-electron chi connectivity index (χ0n) is 14.2. The summed E-state index contributed by atoms with van der Waals surface area (Å²) in [5.41, 5.74) is 2.75. The number of nitrogens with one attached hydrogen (secondary N) is 2. The van der Waals surface area contributed by atoms with Gasteiger partial charge in [0.1, 0.15) is 17.6 Å². The van der Waals surface area contributed by atoms with Crippen molar-refractivity contribution in [3.8, 4) is 11.8 Å². The summed E-state index contributed by atoms with van der Waals surface area (Å²) in [5.74, 6) is 1.60. The first kappa shape index (κ1) is 17.5. The SMILES string of the molecule is COc1ccc(Nc2nc(C)cc(Nc3ccccc3C#N)n2)cc1Cl. The molecule has 1 aromatic heterocycles. The second-order valence-electron chi connectivity index (χ2n) is 5.47. The number of para-hydroxylation sites is 1. The summed E-state index contributed by atoms with van der Waals surface area (Å²) in [6, 6.07) is 16.5. The fourth-order valence-electron chi connectivity index (χ4n) is 2.39. The minimum Gasteiger partial charge on any atom is -0.495 e. The quantitative estimate of drug-likeness (QED) is 0.675. The number of hydrogen-bond acceptors (Lipinski definition) is 6. The molecular weight excluding hydrogens is 350 g/mol. The van der Waals surface area contributed by atoms with Crippen LogP contribution in [0.5, 0.6) is 5.75 Å². The molecule has 6 nitrogen and oxygen atoms in total. The maximum Gasteiger partial charge on any atom is 0.229 e. The first-order chi connectivity index (χ1) is 12.6. The largest absolute Gasteiger partial charge is 0.495 e. The molecule has 0 aliphatic carbocycles. The number of methoxy groups -OCH3 is 1. The summed E-state index contributed by atoms with van der Waals surface area (Å²) in [6.07, 6.45) is 0. The molecule has 3 rings (SSSR count). The van der Waals surface area contributed by atoms with Crippen LogP contribution in [-0.4, -0.2) is 17.1 Å². The summed E-state index contributed by atoms with van der Waals surface area (Å²) in [6.45, 7) is 1.87. The summed E-state index contributed by atoms with van der Waals surface area (Å²) in [5, 5.41) is 16.0. The lowest BCUT2D eigenvalue weighted by Gasteiger charge is -2.11. The second kappa shape index (κ2) is 7.72. The maximum absolute atomic E-state index is 9.21. The van der Waals surface area contributed by atoms with Gasteiger partial charge in [-0.1, -0.05) is 23.7 Å². The Hall–Kier alpha value is -3.30. The fraction of sp³-hybridized carbons (Fsp3) is 0.105. The highest BCUT2D eigenvalue weighted by Crippen LogP contribution is 2.28. The molecule has 0 saturated heterocycles. The molecule has 0 bridgehead atoms. The van der Waals surface area contributed by atoms with Gasteiger partial charge in [-0.05, 0) is 37.3 Å². The van der Waals surface area contributed by atoms with E-state index in [1.54, 1.807) is 31.4 Å². The number of hydrogen-bond donors (Lipinski definition) is 2. The molecule has 0 radical (unpaired) electrons. The third-order valence-corrected chi connectivity index (χ3v) is 3.87. The highest BCUT2D eigenvalue weighted by Gasteiger charge is 2.07. The van der Waals surface area contributed by atoms with Crippen LogP contribution in [0.15, 0.2) is 48.5 Å². The molecule has 3 aromatic rings. The highest BCUT2D eigenvalue weighted by molar-refractivity contribution is 6.32. The summed E-state index contributed by atoms with van der Waals surface area (Å²) in [7, 11) is 1.56. The number of nitrogens with zero attached hydrogens (tertiary/aromatic N) is 3. The molecular formula is C19H16ClN5O. The molecule has 0 aliphatic rings. The molecule has 0 amide bonds. The average molecular weight is 366 g/mol. The predicted octanol–water partition coefficient (Wildman–Crippen LogP) is 4.81. The van der Waals surface area contributed by atoms with Crippen LogP contribution in [0, 0.1) is 18.3 Å². The van der Waals surface area contributed by atoms with E-state index in [0.29, 0.717) is 33.8 Å². The normalized spacial score (nSPS) is 10.1. The first-order valence-electron chi connectivity index (χ1n) is 7.81. The molecule has 7 heteroatoms. The number of benzene rings is 2. The van der Waals surface area contributed by atoms with Gasteiger partial charge in [0.2, 0.25) is 5.95 Å². The molecule has 0 saturated carbocycles. The van der Waals surface area contributed by atoms with E-state index in [4.69, 9.17) is 16.3 Å². The van der Waals surface area contributed by atoms with Crippen LogP contribution in [0.3, 0.4) is 0 Å². The number of aromatic nitrogens is 2. The van der Waals surface area contributed by atoms with Gasteiger partial charge in [-0.2, -0.15) is 10.2 Å². The third-order valence-electron chi connectivity index (χ3n) is 3.57. The maximum atomic E-state index is 9.21. The van der Waals surface area contributed by atoms with Gasteiger partial charge in [-0.3, -0.25) is 0 Å². The Morgan fingerprint density at radius 2 is 1.88 bits per heavy atom. The smallest absolute Gasteiger partial charge is 0.229 e. The van der Waals surface area contributed by atoms with Crippen molar-refractivity contribution in [2.45, 2.75) is 6.92 Å². The van der Waals surface area contributed by atoms with Crippen LogP contribution in [0.1, 0.15) is 11.3 Å². The van der Waals surface area contributed by atoms with Crippen LogP contribution in [0.25, 0.3) is 0 Å². The van der Waals surface area contributed by atoms with Crippen LogP contribution < -0.4 is 15.4 Å². The van der Waals surface area contributed by atoms with E-state index in [2.05, 4.69) is 26.7 Å². The lowest BCUT2D eigenvalue weighted by molar-refractivity contribution is 0.415. The van der Waals surface area contributed by atoms with Gasteiger partial charge in [0, 0.05) is 17.4 Å². The van der Waals surface area contributed by atoms with Crippen LogP contribution >= 0.6 is 11.6 Å². The number of rotatable bonds is 5. The molecule has 1 heterocycles. The fourth-order valence-corrected chi connectivity index (χ4v) is 2.65. The Bertz CT molecular complexity index is 984.